The van der Waals surface area contributed by atoms with Gasteiger partial charge in [-0.3, -0.25) is 0 Å². The van der Waals surface area contributed by atoms with Gasteiger partial charge in [-0.15, -0.1) is 0 Å². The van der Waals surface area contributed by atoms with Crippen molar-refractivity contribution >= 4 is 6.03 Å². The van der Waals surface area contributed by atoms with Crippen LogP contribution in [0.25, 0.3) is 0 Å². The molecule has 0 radical (unpaired) electrons. The zero-order chi connectivity index (χ0) is 11.4. The summed E-state index contributed by atoms with van der Waals surface area (Å²) in [7, 11) is 0. The monoisotopic (exact) mass is 225 g/mol. The first-order valence-electron chi connectivity index (χ1n) is 6.51. The number of hydrogen-bond donors (Lipinski definition) is 3. The van der Waals surface area contributed by atoms with Gasteiger partial charge >= 0.3 is 6.03 Å². The van der Waals surface area contributed by atoms with E-state index >= 15 is 0 Å². The van der Waals surface area contributed by atoms with E-state index in [-0.39, 0.29) is 11.6 Å². The minimum atomic E-state index is -0.0213. The van der Waals surface area contributed by atoms with E-state index in [9.17, 15) is 4.79 Å². The molecule has 0 aromatic heterocycles. The van der Waals surface area contributed by atoms with Crippen molar-refractivity contribution in [3.05, 3.63) is 0 Å². The van der Waals surface area contributed by atoms with E-state index in [0.717, 1.165) is 32.0 Å². The number of fused-ring (bicyclic) bond motifs is 2. The molecule has 16 heavy (non-hydrogen) atoms. The zero-order valence-corrected chi connectivity index (χ0v) is 10.1. The van der Waals surface area contributed by atoms with Crippen LogP contribution in [-0.2, 0) is 0 Å². The maximum absolute atomic E-state index is 11.5. The van der Waals surface area contributed by atoms with Gasteiger partial charge in [0.2, 0.25) is 0 Å². The first kappa shape index (κ1) is 11.7. The molecule has 1 saturated heterocycles. The summed E-state index contributed by atoms with van der Waals surface area (Å²) in [5, 5.41) is 9.44. The molecule has 1 aliphatic heterocycles. The second-order valence-electron chi connectivity index (χ2n) is 5.23. The topological polar surface area (TPSA) is 53.2 Å². The van der Waals surface area contributed by atoms with E-state index in [1.54, 1.807) is 0 Å². The zero-order valence-electron chi connectivity index (χ0n) is 10.1. The van der Waals surface area contributed by atoms with Crippen molar-refractivity contribution < 1.29 is 4.79 Å². The highest BCUT2D eigenvalue weighted by atomic mass is 16.2. The first-order valence-corrected chi connectivity index (χ1v) is 6.51. The summed E-state index contributed by atoms with van der Waals surface area (Å²) in [5.41, 5.74) is 0.201. The average molecular weight is 225 g/mol. The average Bonchev–Trinajstić information content (AvgIpc) is 2.60. The molecule has 0 spiro atoms. The van der Waals surface area contributed by atoms with Crippen molar-refractivity contribution in [2.45, 2.75) is 44.6 Å². The Morgan fingerprint density at radius 3 is 3.19 bits per heavy atom. The highest BCUT2D eigenvalue weighted by Crippen LogP contribution is 2.36. The first-order chi connectivity index (χ1) is 7.74. The number of rotatable bonds is 4. The number of amides is 2. The predicted molar refractivity (Wildman–Crippen MR) is 64.4 cm³/mol. The van der Waals surface area contributed by atoms with E-state index in [0.29, 0.717) is 0 Å². The van der Waals surface area contributed by atoms with Crippen LogP contribution in [0.5, 0.6) is 0 Å². The molecular formula is C12H23N3O. The molecule has 1 aliphatic carbocycles. The molecule has 1 heterocycles. The highest BCUT2D eigenvalue weighted by molar-refractivity contribution is 5.73. The van der Waals surface area contributed by atoms with Crippen molar-refractivity contribution in [2.75, 3.05) is 19.6 Å². The van der Waals surface area contributed by atoms with Crippen LogP contribution in [0.15, 0.2) is 0 Å². The molecule has 1 saturated carbocycles. The lowest BCUT2D eigenvalue weighted by molar-refractivity contribution is 0.228. The van der Waals surface area contributed by atoms with Crippen LogP contribution in [0.4, 0.5) is 4.79 Å². The summed E-state index contributed by atoms with van der Waals surface area (Å²) < 4.78 is 0. The van der Waals surface area contributed by atoms with Gasteiger partial charge in [-0.2, -0.15) is 0 Å². The third-order valence-corrected chi connectivity index (χ3v) is 3.84. The van der Waals surface area contributed by atoms with E-state index in [1.807, 2.05) is 0 Å². The number of nitrogens with one attached hydrogen (secondary N) is 3. The third-order valence-electron chi connectivity index (χ3n) is 3.84. The number of urea groups is 1. The van der Waals surface area contributed by atoms with Crippen LogP contribution < -0.4 is 16.0 Å². The van der Waals surface area contributed by atoms with Crippen LogP contribution >= 0.6 is 0 Å². The maximum Gasteiger partial charge on any atom is 0.314 e. The van der Waals surface area contributed by atoms with Crippen LogP contribution in [0, 0.1) is 5.92 Å². The van der Waals surface area contributed by atoms with Crippen molar-refractivity contribution in [3.63, 3.8) is 0 Å². The van der Waals surface area contributed by atoms with Gasteiger partial charge < -0.3 is 16.0 Å². The molecule has 92 valence electrons. The normalized spacial score (nSPS) is 32.4. The van der Waals surface area contributed by atoms with Crippen LogP contribution in [0.3, 0.4) is 0 Å². The smallest absolute Gasteiger partial charge is 0.314 e. The van der Waals surface area contributed by atoms with Gasteiger partial charge in [0.05, 0.1) is 0 Å². The molecule has 2 amide bonds. The third kappa shape index (κ3) is 2.67. The lowest BCUT2D eigenvalue weighted by atomic mass is 9.80. The van der Waals surface area contributed by atoms with E-state index in [2.05, 4.69) is 22.9 Å². The Hall–Kier alpha value is -0.770. The Morgan fingerprint density at radius 2 is 2.38 bits per heavy atom. The van der Waals surface area contributed by atoms with E-state index < -0.39 is 0 Å². The molecule has 2 atom stereocenters. The predicted octanol–water partition coefficient (Wildman–Crippen LogP) is 1.23. The molecule has 4 nitrogen and oxygen atoms in total. The summed E-state index contributed by atoms with van der Waals surface area (Å²) in [6, 6.07) is -0.0213. The number of hydrogen-bond acceptors (Lipinski definition) is 2. The Labute approximate surface area is 97.6 Å². The summed E-state index contributed by atoms with van der Waals surface area (Å²) in [4.78, 5) is 11.5. The van der Waals surface area contributed by atoms with Crippen molar-refractivity contribution in [1.82, 2.24) is 16.0 Å². The largest absolute Gasteiger partial charge is 0.338 e. The summed E-state index contributed by atoms with van der Waals surface area (Å²) in [5.74, 6) is 0.842. The van der Waals surface area contributed by atoms with Gasteiger partial charge in [0, 0.05) is 18.6 Å². The molecular weight excluding hydrogens is 202 g/mol. The fourth-order valence-corrected chi connectivity index (χ4v) is 2.96. The van der Waals surface area contributed by atoms with Crippen molar-refractivity contribution in [3.8, 4) is 0 Å². The molecule has 2 rings (SSSR count). The second kappa shape index (κ2) is 5.04. The molecule has 2 aliphatic rings. The van der Waals surface area contributed by atoms with Crippen LogP contribution in [-0.4, -0.2) is 31.2 Å². The lowest BCUT2D eigenvalue weighted by Crippen LogP contribution is -2.52. The van der Waals surface area contributed by atoms with Gasteiger partial charge in [-0.25, -0.2) is 4.79 Å². The van der Waals surface area contributed by atoms with Crippen molar-refractivity contribution in [2.24, 2.45) is 5.92 Å². The molecule has 2 unspecified atom stereocenters. The highest BCUT2D eigenvalue weighted by Gasteiger charge is 2.41. The van der Waals surface area contributed by atoms with Gasteiger partial charge in [-0.1, -0.05) is 13.3 Å². The van der Waals surface area contributed by atoms with E-state index in [4.69, 9.17) is 0 Å². The fourth-order valence-electron chi connectivity index (χ4n) is 2.96. The maximum atomic E-state index is 11.5. The summed E-state index contributed by atoms with van der Waals surface area (Å²) in [6.07, 6.45) is 6.09. The number of carbonyl (C=O) groups excluding carboxylic acids is 1. The Morgan fingerprint density at radius 1 is 1.50 bits per heavy atom. The summed E-state index contributed by atoms with van der Waals surface area (Å²) >= 11 is 0. The lowest BCUT2D eigenvalue weighted by Gasteiger charge is -2.33. The van der Waals surface area contributed by atoms with Crippen molar-refractivity contribution in [1.29, 1.82) is 0 Å². The van der Waals surface area contributed by atoms with Gasteiger partial charge in [0.15, 0.2) is 0 Å². The molecule has 2 bridgehead atoms. The Bertz CT molecular complexity index is 253. The second-order valence-corrected chi connectivity index (χ2v) is 5.23. The van der Waals surface area contributed by atoms with Gasteiger partial charge in [-0.05, 0) is 38.1 Å². The molecule has 0 aromatic carbocycles. The summed E-state index contributed by atoms with van der Waals surface area (Å²) in [6.45, 7) is 4.73. The van der Waals surface area contributed by atoms with E-state index in [1.165, 1.54) is 25.7 Å². The fraction of sp³-hybridized carbons (Fsp3) is 0.917. The Kier molecular flexibility index (Phi) is 3.69. The Balaban J connectivity index is 1.74. The minimum absolute atomic E-state index is 0.0213. The molecule has 0 aromatic rings. The SMILES string of the molecule is CCCNC(=O)NCC12CCCC(CN1)C2. The molecule has 2 fully saturated rings. The van der Waals surface area contributed by atoms with Crippen LogP contribution in [0.1, 0.15) is 39.0 Å². The van der Waals surface area contributed by atoms with Gasteiger partial charge in [0.25, 0.3) is 0 Å². The van der Waals surface area contributed by atoms with Gasteiger partial charge in [0.1, 0.15) is 0 Å². The standard InChI is InChI=1S/C12H23N3O/c1-2-6-13-11(16)14-9-12-5-3-4-10(7-12)8-15-12/h10,15H,2-9H2,1H3,(H2,13,14,16). The van der Waals surface area contributed by atoms with Crippen LogP contribution in [0.2, 0.25) is 0 Å². The molecule has 4 heteroatoms. The number of carbonyl (C=O) groups is 1. The molecule has 3 N–H and O–H groups in total. The minimum Gasteiger partial charge on any atom is -0.338 e. The quantitative estimate of drug-likeness (QED) is 0.674.